The molecular weight excluding hydrogens is 523 g/mol. The zero-order valence-corrected chi connectivity index (χ0v) is 27.0. The van der Waals surface area contributed by atoms with Gasteiger partial charge in [0.05, 0.1) is 21.3 Å². The van der Waals surface area contributed by atoms with Gasteiger partial charge in [-0.2, -0.15) is 0 Å². The second-order valence-corrected chi connectivity index (χ2v) is 13.8. The Labute approximate surface area is 241 Å². The van der Waals surface area contributed by atoms with E-state index in [0.717, 1.165) is 16.7 Å². The average molecular weight is 569 g/mol. The molecule has 0 aromatic heterocycles. The summed E-state index contributed by atoms with van der Waals surface area (Å²) >= 11 is 0. The van der Waals surface area contributed by atoms with Crippen LogP contribution in [0.3, 0.4) is 0 Å². The summed E-state index contributed by atoms with van der Waals surface area (Å²) in [5.41, 5.74) is 3.24. The zero-order chi connectivity index (χ0) is 29.9. The van der Waals surface area contributed by atoms with Gasteiger partial charge >= 0.3 is 8.60 Å². The normalized spacial score (nSPS) is 12.2. The molecule has 6 nitrogen and oxygen atoms in total. The summed E-state index contributed by atoms with van der Waals surface area (Å²) in [4.78, 5) is 0. The lowest BCUT2D eigenvalue weighted by molar-refractivity contribution is 0.336. The molecule has 0 atom stereocenters. The van der Waals surface area contributed by atoms with Crippen LogP contribution in [0.2, 0.25) is 0 Å². The second-order valence-electron chi connectivity index (χ2n) is 12.8. The Morgan fingerprint density at radius 2 is 0.650 bits per heavy atom. The minimum atomic E-state index is -2.01. The molecule has 0 unspecified atom stereocenters. The van der Waals surface area contributed by atoms with E-state index in [1.807, 2.05) is 54.6 Å². The van der Waals surface area contributed by atoms with Gasteiger partial charge in [-0.05, 0) is 69.3 Å². The first kappa shape index (κ1) is 31.4. The van der Waals surface area contributed by atoms with E-state index in [0.29, 0.717) is 34.5 Å². The maximum absolute atomic E-state index is 6.39. The Morgan fingerprint density at radius 1 is 0.400 bits per heavy atom. The van der Waals surface area contributed by atoms with E-state index in [1.54, 1.807) is 21.3 Å². The monoisotopic (exact) mass is 568 g/mol. The third-order valence-corrected chi connectivity index (χ3v) is 7.64. The summed E-state index contributed by atoms with van der Waals surface area (Å²) in [7, 11) is 2.87. The number of hydrogen-bond acceptors (Lipinski definition) is 6. The molecule has 0 amide bonds. The molecule has 0 N–H and O–H groups in total. The van der Waals surface area contributed by atoms with Crippen LogP contribution < -0.4 is 27.8 Å². The Hall–Kier alpha value is -3.11. The second kappa shape index (κ2) is 12.2. The molecule has 0 aliphatic heterocycles. The summed E-state index contributed by atoms with van der Waals surface area (Å²) < 4.78 is 36.3. The minimum absolute atomic E-state index is 0.0477. The maximum atomic E-state index is 6.39. The molecule has 0 aliphatic rings. The Bertz CT molecular complexity index is 1140. The van der Waals surface area contributed by atoms with E-state index in [9.17, 15) is 0 Å². The molecule has 0 heterocycles. The van der Waals surface area contributed by atoms with E-state index >= 15 is 0 Å². The summed E-state index contributed by atoms with van der Waals surface area (Å²) in [5, 5.41) is 0. The van der Waals surface area contributed by atoms with Gasteiger partial charge in [-0.1, -0.05) is 80.5 Å². The third kappa shape index (κ3) is 7.75. The molecule has 0 fully saturated rings. The van der Waals surface area contributed by atoms with E-state index in [1.165, 1.54) is 0 Å². The van der Waals surface area contributed by atoms with Gasteiger partial charge in [-0.3, -0.25) is 0 Å². The average Bonchev–Trinajstić information content (AvgIpc) is 2.87. The lowest BCUT2D eigenvalue weighted by Crippen LogP contribution is -2.12. The molecule has 0 radical (unpaired) electrons. The molecule has 7 heteroatoms. The van der Waals surface area contributed by atoms with Crippen molar-refractivity contribution in [2.24, 2.45) is 0 Å². The van der Waals surface area contributed by atoms with Crippen molar-refractivity contribution < 1.29 is 27.8 Å². The highest BCUT2D eigenvalue weighted by Gasteiger charge is 2.28. The minimum Gasteiger partial charge on any atom is -0.493 e. The number of hydrogen-bond donors (Lipinski definition) is 0. The van der Waals surface area contributed by atoms with Crippen molar-refractivity contribution in [1.29, 1.82) is 0 Å². The zero-order valence-electron chi connectivity index (χ0n) is 26.1. The van der Waals surface area contributed by atoms with Crippen LogP contribution in [0.25, 0.3) is 0 Å². The molecule has 0 spiro atoms. The van der Waals surface area contributed by atoms with Crippen molar-refractivity contribution in [2.75, 3.05) is 21.3 Å². The molecule has 3 aromatic rings. The highest BCUT2D eigenvalue weighted by atomic mass is 31.2. The highest BCUT2D eigenvalue weighted by Crippen LogP contribution is 2.50. The lowest BCUT2D eigenvalue weighted by Gasteiger charge is -2.25. The number of rotatable bonds is 9. The van der Waals surface area contributed by atoms with Gasteiger partial charge in [0, 0.05) is 0 Å². The fourth-order valence-electron chi connectivity index (χ4n) is 3.93. The number of methoxy groups -OCH3 is 3. The molecule has 218 valence electrons. The Balaban J connectivity index is 2.04. The molecule has 0 saturated carbocycles. The van der Waals surface area contributed by atoms with Gasteiger partial charge in [0.2, 0.25) is 0 Å². The van der Waals surface area contributed by atoms with Crippen LogP contribution in [-0.2, 0) is 16.2 Å². The summed E-state index contributed by atoms with van der Waals surface area (Å²) in [5.74, 6) is 3.32. The van der Waals surface area contributed by atoms with E-state index < -0.39 is 8.60 Å². The van der Waals surface area contributed by atoms with Crippen LogP contribution in [0.1, 0.15) is 79.0 Å². The summed E-state index contributed by atoms with van der Waals surface area (Å²) in [6.07, 6.45) is 0. The SMILES string of the molecule is COc1cc(C(C)(C)C)ccc1OP(Oc1ccc(C(C)(C)C)cc1OC)Oc1ccc(C(C)(C)C)cc1OC. The topological polar surface area (TPSA) is 55.4 Å². The van der Waals surface area contributed by atoms with E-state index in [-0.39, 0.29) is 16.2 Å². The van der Waals surface area contributed by atoms with Crippen LogP contribution in [0.5, 0.6) is 34.5 Å². The molecule has 0 bridgehead atoms. The predicted octanol–water partition coefficient (Wildman–Crippen LogP) is 9.37. The highest BCUT2D eigenvalue weighted by molar-refractivity contribution is 7.43. The van der Waals surface area contributed by atoms with Gasteiger partial charge in [0.25, 0.3) is 0 Å². The largest absolute Gasteiger partial charge is 0.530 e. The predicted molar refractivity (Wildman–Crippen MR) is 164 cm³/mol. The van der Waals surface area contributed by atoms with E-state index in [4.69, 9.17) is 27.8 Å². The van der Waals surface area contributed by atoms with Gasteiger partial charge < -0.3 is 27.8 Å². The van der Waals surface area contributed by atoms with Crippen LogP contribution in [0, 0.1) is 0 Å². The Kier molecular flexibility index (Phi) is 9.57. The summed E-state index contributed by atoms with van der Waals surface area (Å²) in [6, 6.07) is 17.7. The van der Waals surface area contributed by atoms with Crippen LogP contribution in [0.15, 0.2) is 54.6 Å². The van der Waals surface area contributed by atoms with Crippen molar-refractivity contribution in [2.45, 2.75) is 78.6 Å². The standard InChI is InChI=1S/C33H45O6P/c1-31(2,3)22-13-16-25(28(19-22)34-10)37-40(38-26-17-14-23(32(4,5)6)20-29(26)35-11)39-27-18-15-24(33(7,8)9)21-30(27)36-12/h13-21H,1-12H3. The van der Waals surface area contributed by atoms with Crippen LogP contribution in [0.4, 0.5) is 0 Å². The molecule has 3 rings (SSSR count). The first-order valence-corrected chi connectivity index (χ1v) is 14.6. The van der Waals surface area contributed by atoms with Gasteiger partial charge in [0.1, 0.15) is 0 Å². The van der Waals surface area contributed by atoms with Crippen molar-refractivity contribution >= 4 is 8.60 Å². The van der Waals surface area contributed by atoms with Crippen molar-refractivity contribution in [1.82, 2.24) is 0 Å². The quantitative estimate of drug-likeness (QED) is 0.240. The van der Waals surface area contributed by atoms with Crippen LogP contribution in [-0.4, -0.2) is 21.3 Å². The fourth-order valence-corrected chi connectivity index (χ4v) is 4.97. The first-order chi connectivity index (χ1) is 18.6. The molecule has 3 aromatic carbocycles. The van der Waals surface area contributed by atoms with Crippen molar-refractivity contribution in [3.8, 4) is 34.5 Å². The Morgan fingerprint density at radius 3 is 0.850 bits per heavy atom. The smallest absolute Gasteiger partial charge is 0.493 e. The molecular formula is C33H45O6P. The maximum Gasteiger partial charge on any atom is 0.530 e. The first-order valence-electron chi connectivity index (χ1n) is 13.5. The van der Waals surface area contributed by atoms with Crippen molar-refractivity contribution in [3.05, 3.63) is 71.3 Å². The molecule has 0 saturated heterocycles. The number of benzene rings is 3. The van der Waals surface area contributed by atoms with E-state index in [2.05, 4.69) is 62.3 Å². The fraction of sp³-hybridized carbons (Fsp3) is 0.455. The lowest BCUT2D eigenvalue weighted by atomic mass is 9.87. The number of ether oxygens (including phenoxy) is 3. The summed E-state index contributed by atoms with van der Waals surface area (Å²) in [6.45, 7) is 19.4. The van der Waals surface area contributed by atoms with Gasteiger partial charge in [-0.25, -0.2) is 0 Å². The molecule has 0 aliphatic carbocycles. The van der Waals surface area contributed by atoms with Crippen molar-refractivity contribution in [3.63, 3.8) is 0 Å². The third-order valence-electron chi connectivity index (χ3n) is 6.61. The van der Waals surface area contributed by atoms with Gasteiger partial charge in [0.15, 0.2) is 34.5 Å². The van der Waals surface area contributed by atoms with Crippen LogP contribution >= 0.6 is 8.60 Å². The van der Waals surface area contributed by atoms with Gasteiger partial charge in [-0.15, -0.1) is 0 Å². The molecule has 40 heavy (non-hydrogen) atoms.